The number of aryl methyl sites for hydroxylation is 2. The highest BCUT2D eigenvalue weighted by Crippen LogP contribution is 2.17. The summed E-state index contributed by atoms with van der Waals surface area (Å²) in [6.07, 6.45) is 1.68. The standard InChI is InChI=1S/C19H22N2O2/c1-4-10-23-18-7-5-6-17(12-18)21-19(22)13-20-16-9-8-14(2)15(3)11-16/h4-9,11-12,20H,1,10,13H2,2-3H3,(H,21,22). The second-order valence-corrected chi connectivity index (χ2v) is 5.33. The molecule has 2 rings (SSSR count). The summed E-state index contributed by atoms with van der Waals surface area (Å²) in [5.74, 6) is 0.592. The lowest BCUT2D eigenvalue weighted by atomic mass is 10.1. The minimum Gasteiger partial charge on any atom is -0.489 e. The molecule has 0 saturated carbocycles. The molecule has 2 aromatic rings. The zero-order valence-electron chi connectivity index (χ0n) is 13.6. The molecule has 0 aliphatic heterocycles. The molecule has 0 unspecified atom stereocenters. The second kappa shape index (κ2) is 8.03. The average molecular weight is 310 g/mol. The third kappa shape index (κ3) is 5.18. The van der Waals surface area contributed by atoms with Crippen LogP contribution in [0, 0.1) is 13.8 Å². The van der Waals surface area contributed by atoms with Crippen LogP contribution in [0.25, 0.3) is 0 Å². The van der Waals surface area contributed by atoms with E-state index in [9.17, 15) is 4.79 Å². The summed E-state index contributed by atoms with van der Waals surface area (Å²) in [5.41, 5.74) is 4.07. The van der Waals surface area contributed by atoms with E-state index in [0.29, 0.717) is 18.0 Å². The maximum atomic E-state index is 12.0. The Kier molecular flexibility index (Phi) is 5.80. The van der Waals surface area contributed by atoms with Crippen LogP contribution in [-0.2, 0) is 4.79 Å². The Labute approximate surface area is 137 Å². The number of hydrogen-bond acceptors (Lipinski definition) is 3. The number of amides is 1. The van der Waals surface area contributed by atoms with Gasteiger partial charge in [0, 0.05) is 17.4 Å². The zero-order chi connectivity index (χ0) is 16.7. The van der Waals surface area contributed by atoms with Gasteiger partial charge in [0.1, 0.15) is 12.4 Å². The van der Waals surface area contributed by atoms with Gasteiger partial charge in [0.2, 0.25) is 5.91 Å². The number of rotatable bonds is 7. The van der Waals surface area contributed by atoms with Gasteiger partial charge >= 0.3 is 0 Å². The molecule has 4 nitrogen and oxygen atoms in total. The quantitative estimate of drug-likeness (QED) is 0.762. The lowest BCUT2D eigenvalue weighted by Crippen LogP contribution is -2.21. The van der Waals surface area contributed by atoms with Crippen molar-refractivity contribution in [3.8, 4) is 5.75 Å². The number of hydrogen-bond donors (Lipinski definition) is 2. The lowest BCUT2D eigenvalue weighted by molar-refractivity contribution is -0.114. The van der Waals surface area contributed by atoms with Gasteiger partial charge in [-0.1, -0.05) is 24.8 Å². The maximum absolute atomic E-state index is 12.0. The number of nitrogens with one attached hydrogen (secondary N) is 2. The molecule has 0 spiro atoms. The maximum Gasteiger partial charge on any atom is 0.243 e. The highest BCUT2D eigenvalue weighted by atomic mass is 16.5. The monoisotopic (exact) mass is 310 g/mol. The van der Waals surface area contributed by atoms with E-state index in [-0.39, 0.29) is 12.5 Å². The first-order valence-electron chi connectivity index (χ1n) is 7.53. The number of carbonyl (C=O) groups excluding carboxylic acids is 1. The molecule has 0 aromatic heterocycles. The van der Waals surface area contributed by atoms with Crippen molar-refractivity contribution in [1.82, 2.24) is 0 Å². The van der Waals surface area contributed by atoms with E-state index in [1.54, 1.807) is 12.1 Å². The first-order chi connectivity index (χ1) is 11.1. The molecular formula is C19H22N2O2. The summed E-state index contributed by atoms with van der Waals surface area (Å²) in [5, 5.41) is 5.97. The molecule has 1 amide bonds. The normalized spacial score (nSPS) is 10.0. The van der Waals surface area contributed by atoms with Crippen molar-refractivity contribution >= 4 is 17.3 Å². The number of carbonyl (C=O) groups is 1. The Morgan fingerprint density at radius 3 is 2.70 bits per heavy atom. The topological polar surface area (TPSA) is 50.4 Å². The van der Waals surface area contributed by atoms with Gasteiger partial charge in [-0.15, -0.1) is 0 Å². The van der Waals surface area contributed by atoms with Gasteiger partial charge in [-0.2, -0.15) is 0 Å². The molecule has 2 aromatic carbocycles. The molecule has 2 N–H and O–H groups in total. The van der Waals surface area contributed by atoms with Crippen molar-refractivity contribution in [2.45, 2.75) is 13.8 Å². The summed E-state index contributed by atoms with van der Waals surface area (Å²) in [7, 11) is 0. The van der Waals surface area contributed by atoms with Crippen molar-refractivity contribution in [3.05, 3.63) is 66.2 Å². The van der Waals surface area contributed by atoms with Crippen LogP contribution in [0.4, 0.5) is 11.4 Å². The summed E-state index contributed by atoms with van der Waals surface area (Å²) in [4.78, 5) is 12.0. The molecule has 0 radical (unpaired) electrons. The van der Waals surface area contributed by atoms with Crippen LogP contribution in [-0.4, -0.2) is 19.1 Å². The van der Waals surface area contributed by atoms with Gasteiger partial charge in [0.05, 0.1) is 6.54 Å². The van der Waals surface area contributed by atoms with E-state index in [0.717, 1.165) is 5.69 Å². The fraction of sp³-hybridized carbons (Fsp3) is 0.211. The summed E-state index contributed by atoms with van der Waals surface area (Å²) in [6.45, 7) is 8.37. The van der Waals surface area contributed by atoms with Crippen LogP contribution in [0.3, 0.4) is 0 Å². The van der Waals surface area contributed by atoms with Crippen molar-refractivity contribution in [2.24, 2.45) is 0 Å². The highest BCUT2D eigenvalue weighted by molar-refractivity contribution is 5.93. The second-order valence-electron chi connectivity index (χ2n) is 5.33. The van der Waals surface area contributed by atoms with Crippen LogP contribution < -0.4 is 15.4 Å². The van der Waals surface area contributed by atoms with Crippen molar-refractivity contribution in [1.29, 1.82) is 0 Å². The Morgan fingerprint density at radius 1 is 1.13 bits per heavy atom. The van der Waals surface area contributed by atoms with E-state index in [2.05, 4.69) is 31.1 Å². The van der Waals surface area contributed by atoms with Crippen molar-refractivity contribution in [2.75, 3.05) is 23.8 Å². The molecular weight excluding hydrogens is 288 g/mol. The molecule has 0 fully saturated rings. The smallest absolute Gasteiger partial charge is 0.243 e. The van der Waals surface area contributed by atoms with Gasteiger partial charge in [0.25, 0.3) is 0 Å². The third-order valence-electron chi connectivity index (χ3n) is 3.45. The molecule has 0 aliphatic rings. The minimum absolute atomic E-state index is 0.107. The van der Waals surface area contributed by atoms with E-state index >= 15 is 0 Å². The minimum atomic E-state index is -0.107. The van der Waals surface area contributed by atoms with E-state index < -0.39 is 0 Å². The number of anilines is 2. The molecule has 4 heteroatoms. The first-order valence-corrected chi connectivity index (χ1v) is 7.53. The van der Waals surface area contributed by atoms with Crippen LogP contribution in [0.1, 0.15) is 11.1 Å². The predicted molar refractivity (Wildman–Crippen MR) is 95.2 cm³/mol. The van der Waals surface area contributed by atoms with Crippen LogP contribution >= 0.6 is 0 Å². The zero-order valence-corrected chi connectivity index (χ0v) is 13.6. The molecule has 0 aliphatic carbocycles. The third-order valence-corrected chi connectivity index (χ3v) is 3.45. The highest BCUT2D eigenvalue weighted by Gasteiger charge is 2.04. The predicted octanol–water partition coefficient (Wildman–Crippen LogP) is 3.92. The number of ether oxygens (including phenoxy) is 1. The van der Waals surface area contributed by atoms with Gasteiger partial charge < -0.3 is 15.4 Å². The van der Waals surface area contributed by atoms with E-state index in [4.69, 9.17) is 4.74 Å². The van der Waals surface area contributed by atoms with Crippen LogP contribution in [0.5, 0.6) is 5.75 Å². The lowest BCUT2D eigenvalue weighted by Gasteiger charge is -2.10. The van der Waals surface area contributed by atoms with Gasteiger partial charge in [0.15, 0.2) is 0 Å². The molecule has 0 saturated heterocycles. The summed E-state index contributed by atoms with van der Waals surface area (Å²) < 4.78 is 5.45. The van der Waals surface area contributed by atoms with Gasteiger partial charge in [-0.25, -0.2) is 0 Å². The fourth-order valence-electron chi connectivity index (χ4n) is 2.06. The first kappa shape index (κ1) is 16.6. The molecule has 0 bridgehead atoms. The average Bonchev–Trinajstić information content (AvgIpc) is 2.54. The summed E-state index contributed by atoms with van der Waals surface area (Å²) >= 11 is 0. The Hall–Kier alpha value is -2.75. The number of benzene rings is 2. The van der Waals surface area contributed by atoms with E-state index in [1.807, 2.05) is 36.4 Å². The fourth-order valence-corrected chi connectivity index (χ4v) is 2.06. The van der Waals surface area contributed by atoms with Crippen LogP contribution in [0.15, 0.2) is 55.1 Å². The van der Waals surface area contributed by atoms with Crippen molar-refractivity contribution < 1.29 is 9.53 Å². The molecule has 23 heavy (non-hydrogen) atoms. The van der Waals surface area contributed by atoms with Crippen molar-refractivity contribution in [3.63, 3.8) is 0 Å². The Morgan fingerprint density at radius 2 is 1.96 bits per heavy atom. The van der Waals surface area contributed by atoms with Gasteiger partial charge in [-0.3, -0.25) is 4.79 Å². The molecule has 0 atom stereocenters. The Balaban J connectivity index is 1.89. The SMILES string of the molecule is C=CCOc1cccc(NC(=O)CNc2ccc(C)c(C)c2)c1. The van der Waals surface area contributed by atoms with Gasteiger partial charge in [-0.05, 0) is 49.2 Å². The summed E-state index contributed by atoms with van der Waals surface area (Å²) in [6, 6.07) is 13.3. The largest absolute Gasteiger partial charge is 0.489 e. The molecule has 120 valence electrons. The van der Waals surface area contributed by atoms with E-state index in [1.165, 1.54) is 11.1 Å². The Bertz CT molecular complexity index is 696. The molecule has 0 heterocycles. The van der Waals surface area contributed by atoms with Crippen LogP contribution in [0.2, 0.25) is 0 Å².